The summed E-state index contributed by atoms with van der Waals surface area (Å²) in [4.78, 5) is 2.52. The lowest BCUT2D eigenvalue weighted by atomic mass is 9.87. The number of hydrogen-bond donors (Lipinski definition) is 2. The number of rotatable bonds is 5. The van der Waals surface area contributed by atoms with Crippen molar-refractivity contribution in [1.29, 1.82) is 5.41 Å². The van der Waals surface area contributed by atoms with E-state index in [0.717, 1.165) is 18.9 Å². The van der Waals surface area contributed by atoms with Crippen LogP contribution in [0.5, 0.6) is 0 Å². The third kappa shape index (κ3) is 3.78. The first-order valence-corrected chi connectivity index (χ1v) is 6.52. The fourth-order valence-corrected chi connectivity index (χ4v) is 2.19. The van der Waals surface area contributed by atoms with Crippen molar-refractivity contribution in [1.82, 2.24) is 4.90 Å². The van der Waals surface area contributed by atoms with Gasteiger partial charge in [-0.1, -0.05) is 27.2 Å². The molecular weight excluding hydrogens is 198 g/mol. The summed E-state index contributed by atoms with van der Waals surface area (Å²) in [6.07, 6.45) is 5.01. The van der Waals surface area contributed by atoms with Crippen LogP contribution in [0.1, 0.15) is 46.5 Å². The number of nitrogens with zero attached hydrogens (tertiary/aromatic N) is 1. The van der Waals surface area contributed by atoms with Gasteiger partial charge in [0, 0.05) is 5.41 Å². The van der Waals surface area contributed by atoms with Gasteiger partial charge in [-0.3, -0.25) is 5.41 Å². The average Bonchev–Trinajstić information content (AvgIpc) is 2.27. The monoisotopic (exact) mass is 225 g/mol. The van der Waals surface area contributed by atoms with Gasteiger partial charge >= 0.3 is 0 Å². The van der Waals surface area contributed by atoms with Crippen LogP contribution in [-0.4, -0.2) is 30.4 Å². The van der Waals surface area contributed by atoms with Crippen LogP contribution >= 0.6 is 0 Å². The maximum Gasteiger partial charge on any atom is 0.0963 e. The van der Waals surface area contributed by atoms with Gasteiger partial charge in [0.05, 0.1) is 5.84 Å². The van der Waals surface area contributed by atoms with Crippen molar-refractivity contribution < 1.29 is 0 Å². The van der Waals surface area contributed by atoms with Crippen LogP contribution in [0.3, 0.4) is 0 Å². The molecule has 0 aromatic rings. The molecule has 16 heavy (non-hydrogen) atoms. The van der Waals surface area contributed by atoms with E-state index in [1.54, 1.807) is 0 Å². The van der Waals surface area contributed by atoms with Crippen LogP contribution in [0.2, 0.25) is 0 Å². The summed E-state index contributed by atoms with van der Waals surface area (Å²) in [5.41, 5.74) is 5.46. The highest BCUT2D eigenvalue weighted by atomic mass is 15.1. The summed E-state index contributed by atoms with van der Waals surface area (Å²) in [5.74, 6) is 1.26. The van der Waals surface area contributed by atoms with Gasteiger partial charge in [-0.15, -0.1) is 0 Å². The largest absolute Gasteiger partial charge is 0.387 e. The van der Waals surface area contributed by atoms with Crippen molar-refractivity contribution in [3.8, 4) is 0 Å². The minimum Gasteiger partial charge on any atom is -0.387 e. The second-order valence-electron chi connectivity index (χ2n) is 5.74. The van der Waals surface area contributed by atoms with E-state index in [-0.39, 0.29) is 5.41 Å². The molecule has 0 spiro atoms. The number of piperidine rings is 1. The Balaban J connectivity index is 2.27. The lowest BCUT2D eigenvalue weighted by molar-refractivity contribution is 0.169. The Hall–Kier alpha value is -0.570. The van der Waals surface area contributed by atoms with Crippen molar-refractivity contribution in [3.63, 3.8) is 0 Å². The first-order valence-electron chi connectivity index (χ1n) is 6.52. The second-order valence-corrected chi connectivity index (χ2v) is 5.74. The molecule has 0 aromatic heterocycles. The summed E-state index contributed by atoms with van der Waals surface area (Å²) in [6, 6.07) is 0. The van der Waals surface area contributed by atoms with Crippen LogP contribution in [0, 0.1) is 16.7 Å². The minimum atomic E-state index is -0.137. The van der Waals surface area contributed by atoms with Gasteiger partial charge in [-0.25, -0.2) is 0 Å². The smallest absolute Gasteiger partial charge is 0.0963 e. The van der Waals surface area contributed by atoms with Crippen LogP contribution < -0.4 is 5.73 Å². The Bertz CT molecular complexity index is 227. The topological polar surface area (TPSA) is 53.1 Å². The van der Waals surface area contributed by atoms with E-state index in [2.05, 4.69) is 25.7 Å². The number of nitrogens with two attached hydrogens (primary N) is 1. The van der Waals surface area contributed by atoms with Gasteiger partial charge in [-0.2, -0.15) is 0 Å². The highest BCUT2D eigenvalue weighted by Gasteiger charge is 2.24. The molecule has 1 rings (SSSR count). The molecule has 1 aliphatic heterocycles. The summed E-state index contributed by atoms with van der Waals surface area (Å²) >= 11 is 0. The standard InChI is InChI=1S/C13H27N3/c1-4-11-5-8-16(9-6-11)10-7-13(2,3)12(14)15/h11H,4-10H2,1-3H3,(H3,14,15). The molecule has 0 unspecified atom stereocenters. The SMILES string of the molecule is CCC1CCN(CCC(C)(C)C(=N)N)CC1. The van der Waals surface area contributed by atoms with Gasteiger partial charge in [0.15, 0.2) is 0 Å². The normalized spacial score (nSPS) is 19.9. The summed E-state index contributed by atoms with van der Waals surface area (Å²) < 4.78 is 0. The Kier molecular flexibility index (Phi) is 4.78. The average molecular weight is 225 g/mol. The summed E-state index contributed by atoms with van der Waals surface area (Å²) in [6.45, 7) is 9.96. The molecule has 0 atom stereocenters. The predicted octanol–water partition coefficient (Wildman–Crippen LogP) is 2.46. The Labute approximate surface area is 99.9 Å². The molecule has 0 radical (unpaired) electrons. The Morgan fingerprint density at radius 3 is 2.38 bits per heavy atom. The number of nitrogens with one attached hydrogen (secondary N) is 1. The van der Waals surface area contributed by atoms with E-state index >= 15 is 0 Å². The molecule has 0 saturated carbocycles. The van der Waals surface area contributed by atoms with Crippen LogP contribution in [0.4, 0.5) is 0 Å². The molecule has 3 nitrogen and oxygen atoms in total. The number of hydrogen-bond acceptors (Lipinski definition) is 2. The fourth-order valence-electron chi connectivity index (χ4n) is 2.19. The maximum absolute atomic E-state index is 7.54. The van der Waals surface area contributed by atoms with E-state index in [4.69, 9.17) is 11.1 Å². The molecule has 0 aliphatic carbocycles. The first kappa shape index (κ1) is 13.5. The zero-order chi connectivity index (χ0) is 12.2. The highest BCUT2D eigenvalue weighted by Crippen LogP contribution is 2.24. The molecule has 0 bridgehead atoms. The molecule has 94 valence electrons. The molecule has 1 heterocycles. The predicted molar refractivity (Wildman–Crippen MR) is 69.8 cm³/mol. The van der Waals surface area contributed by atoms with Crippen molar-refractivity contribution in [2.24, 2.45) is 17.1 Å². The molecule has 1 saturated heterocycles. The molecule has 0 aromatic carbocycles. The van der Waals surface area contributed by atoms with Crippen LogP contribution in [0.15, 0.2) is 0 Å². The quantitative estimate of drug-likeness (QED) is 0.558. The first-order chi connectivity index (χ1) is 7.45. The van der Waals surface area contributed by atoms with Crippen LogP contribution in [-0.2, 0) is 0 Å². The van der Waals surface area contributed by atoms with Crippen molar-refractivity contribution in [3.05, 3.63) is 0 Å². The summed E-state index contributed by atoms with van der Waals surface area (Å²) in [5, 5.41) is 7.54. The lowest BCUT2D eigenvalue weighted by Gasteiger charge is -2.33. The lowest BCUT2D eigenvalue weighted by Crippen LogP contribution is -2.39. The number of likely N-dealkylation sites (tertiary alicyclic amines) is 1. The Morgan fingerprint density at radius 1 is 1.38 bits per heavy atom. The third-order valence-corrected chi connectivity index (χ3v) is 4.07. The molecule has 0 amide bonds. The zero-order valence-corrected chi connectivity index (χ0v) is 11.1. The van der Waals surface area contributed by atoms with Gasteiger partial charge in [0.25, 0.3) is 0 Å². The van der Waals surface area contributed by atoms with Gasteiger partial charge in [-0.05, 0) is 44.8 Å². The van der Waals surface area contributed by atoms with E-state index in [1.807, 2.05) is 0 Å². The van der Waals surface area contributed by atoms with Gasteiger partial charge in [0.1, 0.15) is 0 Å². The van der Waals surface area contributed by atoms with Crippen molar-refractivity contribution in [2.45, 2.75) is 46.5 Å². The Morgan fingerprint density at radius 2 is 1.94 bits per heavy atom. The zero-order valence-electron chi connectivity index (χ0n) is 11.1. The minimum absolute atomic E-state index is 0.137. The van der Waals surface area contributed by atoms with Crippen LogP contribution in [0.25, 0.3) is 0 Å². The van der Waals surface area contributed by atoms with E-state index < -0.39 is 0 Å². The molecule has 1 fully saturated rings. The van der Waals surface area contributed by atoms with E-state index in [1.165, 1.54) is 32.4 Å². The third-order valence-electron chi connectivity index (χ3n) is 4.07. The highest BCUT2D eigenvalue weighted by molar-refractivity contribution is 5.82. The number of amidine groups is 1. The molecule has 3 heteroatoms. The second kappa shape index (κ2) is 5.67. The molecule has 1 aliphatic rings. The maximum atomic E-state index is 7.54. The van der Waals surface area contributed by atoms with Crippen molar-refractivity contribution in [2.75, 3.05) is 19.6 Å². The fraction of sp³-hybridized carbons (Fsp3) is 0.923. The summed E-state index contributed by atoms with van der Waals surface area (Å²) in [7, 11) is 0. The molecule has 3 N–H and O–H groups in total. The van der Waals surface area contributed by atoms with Gasteiger partial charge < -0.3 is 10.6 Å². The van der Waals surface area contributed by atoms with E-state index in [0.29, 0.717) is 5.84 Å². The molecular formula is C13H27N3. The van der Waals surface area contributed by atoms with Gasteiger partial charge in [0.2, 0.25) is 0 Å². The van der Waals surface area contributed by atoms with Crippen molar-refractivity contribution >= 4 is 5.84 Å². The van der Waals surface area contributed by atoms with E-state index in [9.17, 15) is 0 Å².